The lowest BCUT2D eigenvalue weighted by Crippen LogP contribution is -2.30. The molecule has 0 bridgehead atoms. The molecule has 1 fully saturated rings. The molecule has 0 saturated carbocycles. The molecule has 1 aliphatic heterocycles. The first kappa shape index (κ1) is 11.7. The maximum absolute atomic E-state index is 8.93. The Kier molecular flexibility index (Phi) is 3.45. The van der Waals surface area contributed by atoms with E-state index < -0.39 is 0 Å². The van der Waals surface area contributed by atoms with Crippen LogP contribution in [0.15, 0.2) is 12.3 Å². The van der Waals surface area contributed by atoms with Gasteiger partial charge >= 0.3 is 0 Å². The Morgan fingerprint density at radius 2 is 2.53 bits per heavy atom. The van der Waals surface area contributed by atoms with E-state index in [2.05, 4.69) is 23.0 Å². The van der Waals surface area contributed by atoms with Gasteiger partial charge in [-0.25, -0.2) is 4.98 Å². The molecular formula is C12H16N4O. The fraction of sp³-hybridized carbons (Fsp3) is 0.500. The summed E-state index contributed by atoms with van der Waals surface area (Å²) in [6.45, 7) is 1.70. The van der Waals surface area contributed by atoms with Crippen LogP contribution in [0.4, 0.5) is 5.82 Å². The Bertz CT molecular complexity index is 441. The Labute approximate surface area is 101 Å². The zero-order valence-corrected chi connectivity index (χ0v) is 9.89. The van der Waals surface area contributed by atoms with Crippen LogP contribution in [0.1, 0.15) is 18.4 Å². The minimum absolute atomic E-state index is 0.374. The number of aromatic nitrogens is 1. The molecule has 5 nitrogen and oxygen atoms in total. The van der Waals surface area contributed by atoms with E-state index in [1.54, 1.807) is 6.07 Å². The zero-order chi connectivity index (χ0) is 12.3. The molecule has 5 heteroatoms. The largest absolute Gasteiger partial charge is 0.490 e. The van der Waals surface area contributed by atoms with Crippen molar-refractivity contribution in [1.29, 1.82) is 5.26 Å². The van der Waals surface area contributed by atoms with E-state index in [0.29, 0.717) is 29.8 Å². The molecule has 1 atom stereocenters. The minimum Gasteiger partial charge on any atom is -0.490 e. The molecule has 1 aliphatic rings. The topological polar surface area (TPSA) is 75.2 Å². The van der Waals surface area contributed by atoms with E-state index in [1.165, 1.54) is 12.6 Å². The summed E-state index contributed by atoms with van der Waals surface area (Å²) in [5.74, 6) is 0.902. The Morgan fingerprint density at radius 1 is 1.71 bits per heavy atom. The molecule has 2 rings (SSSR count). The third-order valence-electron chi connectivity index (χ3n) is 3.11. The molecule has 2 N–H and O–H groups in total. The van der Waals surface area contributed by atoms with Gasteiger partial charge in [0.2, 0.25) is 0 Å². The second-order valence-electron chi connectivity index (χ2n) is 4.30. The number of ether oxygens (including phenoxy) is 1. The second-order valence-corrected chi connectivity index (χ2v) is 4.30. The van der Waals surface area contributed by atoms with Gasteiger partial charge in [0.25, 0.3) is 0 Å². The molecule has 0 unspecified atom stereocenters. The maximum Gasteiger partial charge on any atom is 0.142 e. The molecule has 0 radical (unpaired) electrons. The molecule has 1 aromatic rings. The van der Waals surface area contributed by atoms with E-state index >= 15 is 0 Å². The lowest BCUT2D eigenvalue weighted by Gasteiger charge is -2.19. The van der Waals surface area contributed by atoms with Crippen LogP contribution in [0.5, 0.6) is 5.75 Å². The van der Waals surface area contributed by atoms with Crippen LogP contribution >= 0.6 is 0 Å². The maximum atomic E-state index is 8.93. The van der Waals surface area contributed by atoms with Gasteiger partial charge in [-0.1, -0.05) is 0 Å². The highest BCUT2D eigenvalue weighted by atomic mass is 16.5. The van der Waals surface area contributed by atoms with Crippen LogP contribution in [-0.2, 0) is 0 Å². The third-order valence-corrected chi connectivity index (χ3v) is 3.11. The highest BCUT2D eigenvalue weighted by Crippen LogP contribution is 2.21. The van der Waals surface area contributed by atoms with Crippen LogP contribution in [-0.4, -0.2) is 36.1 Å². The summed E-state index contributed by atoms with van der Waals surface area (Å²) < 4.78 is 5.68. The summed E-state index contributed by atoms with van der Waals surface area (Å²) in [6, 6.07) is 4.08. The number of nitrogens with two attached hydrogens (primary N) is 1. The number of pyridine rings is 1. The normalized spacial score (nSPS) is 20.1. The number of nitriles is 1. The molecule has 1 saturated heterocycles. The first-order valence-electron chi connectivity index (χ1n) is 5.69. The molecule has 0 amide bonds. The SMILES string of the molecule is CN1CCC[C@H]1COc1cc(N)ncc1C#N. The monoisotopic (exact) mass is 232 g/mol. The molecular weight excluding hydrogens is 216 g/mol. The highest BCUT2D eigenvalue weighted by molar-refractivity contribution is 5.47. The number of likely N-dealkylation sites (N-methyl/N-ethyl adjacent to an activating group) is 1. The summed E-state index contributed by atoms with van der Waals surface area (Å²) in [7, 11) is 2.09. The summed E-state index contributed by atoms with van der Waals surface area (Å²) in [5, 5.41) is 8.93. The van der Waals surface area contributed by atoms with Crippen molar-refractivity contribution in [3.8, 4) is 11.8 Å². The molecule has 0 aromatic carbocycles. The van der Waals surface area contributed by atoms with E-state index in [-0.39, 0.29) is 0 Å². The Hall–Kier alpha value is -1.80. The molecule has 0 aliphatic carbocycles. The lowest BCUT2D eigenvalue weighted by molar-refractivity contribution is 0.198. The zero-order valence-electron chi connectivity index (χ0n) is 9.89. The van der Waals surface area contributed by atoms with Crippen LogP contribution in [0, 0.1) is 11.3 Å². The average Bonchev–Trinajstić information content (AvgIpc) is 2.72. The van der Waals surface area contributed by atoms with Gasteiger partial charge in [0.15, 0.2) is 0 Å². The van der Waals surface area contributed by atoms with Crippen molar-refractivity contribution >= 4 is 5.82 Å². The van der Waals surface area contributed by atoms with E-state index in [1.807, 2.05) is 0 Å². The van der Waals surface area contributed by atoms with Crippen LogP contribution in [0.2, 0.25) is 0 Å². The number of anilines is 1. The average molecular weight is 232 g/mol. The van der Waals surface area contributed by atoms with Crippen LogP contribution < -0.4 is 10.5 Å². The predicted molar refractivity (Wildman–Crippen MR) is 64.5 cm³/mol. The fourth-order valence-electron chi connectivity index (χ4n) is 2.03. The number of rotatable bonds is 3. The molecule has 90 valence electrons. The Morgan fingerprint density at radius 3 is 3.18 bits per heavy atom. The standard InChI is InChI=1S/C12H16N4O/c1-16-4-2-3-10(16)8-17-11-5-12(14)15-7-9(11)6-13/h5,7,10H,2-4,8H2,1H3,(H2,14,15)/t10-/m0/s1. The molecule has 0 spiro atoms. The van der Waals surface area contributed by atoms with Crippen molar-refractivity contribution in [2.75, 3.05) is 25.9 Å². The van der Waals surface area contributed by atoms with E-state index in [0.717, 1.165) is 13.0 Å². The highest BCUT2D eigenvalue weighted by Gasteiger charge is 2.21. The summed E-state index contributed by atoms with van der Waals surface area (Å²) in [6.07, 6.45) is 3.79. The van der Waals surface area contributed by atoms with Gasteiger partial charge < -0.3 is 15.4 Å². The van der Waals surface area contributed by atoms with Crippen LogP contribution in [0.3, 0.4) is 0 Å². The second kappa shape index (κ2) is 5.02. The van der Waals surface area contributed by atoms with Crippen molar-refractivity contribution in [1.82, 2.24) is 9.88 Å². The quantitative estimate of drug-likeness (QED) is 0.841. The number of hydrogen-bond acceptors (Lipinski definition) is 5. The van der Waals surface area contributed by atoms with Crippen molar-refractivity contribution in [2.24, 2.45) is 0 Å². The Balaban J connectivity index is 2.03. The smallest absolute Gasteiger partial charge is 0.142 e. The lowest BCUT2D eigenvalue weighted by atomic mass is 10.2. The van der Waals surface area contributed by atoms with Crippen molar-refractivity contribution in [3.05, 3.63) is 17.8 Å². The van der Waals surface area contributed by atoms with Gasteiger partial charge in [-0.15, -0.1) is 0 Å². The van der Waals surface area contributed by atoms with Crippen molar-refractivity contribution in [3.63, 3.8) is 0 Å². The number of hydrogen-bond donors (Lipinski definition) is 1. The summed E-state index contributed by atoms with van der Waals surface area (Å²) >= 11 is 0. The van der Waals surface area contributed by atoms with Gasteiger partial charge in [-0.3, -0.25) is 0 Å². The number of nitrogens with zero attached hydrogens (tertiary/aromatic N) is 3. The van der Waals surface area contributed by atoms with Crippen molar-refractivity contribution < 1.29 is 4.74 Å². The molecule has 1 aromatic heterocycles. The van der Waals surface area contributed by atoms with Gasteiger partial charge in [0.1, 0.15) is 29.8 Å². The third kappa shape index (κ3) is 2.66. The van der Waals surface area contributed by atoms with E-state index in [4.69, 9.17) is 15.7 Å². The predicted octanol–water partition coefficient (Wildman–Crippen LogP) is 1.01. The molecule has 2 heterocycles. The van der Waals surface area contributed by atoms with Crippen LogP contribution in [0.25, 0.3) is 0 Å². The van der Waals surface area contributed by atoms with Gasteiger partial charge in [-0.05, 0) is 26.4 Å². The first-order chi connectivity index (χ1) is 8.20. The van der Waals surface area contributed by atoms with Gasteiger partial charge in [-0.2, -0.15) is 5.26 Å². The van der Waals surface area contributed by atoms with Gasteiger partial charge in [0, 0.05) is 12.1 Å². The summed E-state index contributed by atoms with van der Waals surface area (Å²) in [5.41, 5.74) is 6.01. The fourth-order valence-corrected chi connectivity index (χ4v) is 2.03. The summed E-state index contributed by atoms with van der Waals surface area (Å²) in [4.78, 5) is 6.14. The minimum atomic E-state index is 0.374. The molecule has 17 heavy (non-hydrogen) atoms. The first-order valence-corrected chi connectivity index (χ1v) is 5.69. The van der Waals surface area contributed by atoms with Gasteiger partial charge in [0.05, 0.1) is 6.20 Å². The van der Waals surface area contributed by atoms with E-state index in [9.17, 15) is 0 Å². The van der Waals surface area contributed by atoms with Crippen molar-refractivity contribution in [2.45, 2.75) is 18.9 Å². The number of nitrogen functional groups attached to an aromatic ring is 1. The number of likely N-dealkylation sites (tertiary alicyclic amines) is 1.